The van der Waals surface area contributed by atoms with Crippen molar-refractivity contribution in [2.45, 2.75) is 51.2 Å². The highest BCUT2D eigenvalue weighted by molar-refractivity contribution is 7.21. The van der Waals surface area contributed by atoms with Crippen LogP contribution in [0, 0.1) is 5.82 Å². The zero-order chi connectivity index (χ0) is 29.3. The second-order valence-corrected chi connectivity index (χ2v) is 12.5. The average molecular weight is 592 g/mol. The average Bonchev–Trinajstić information content (AvgIpc) is 3.32. The van der Waals surface area contributed by atoms with E-state index in [1.54, 1.807) is 18.0 Å². The van der Waals surface area contributed by atoms with Crippen LogP contribution in [0.2, 0.25) is 5.02 Å². The Morgan fingerprint density at radius 3 is 2.17 bits per heavy atom. The molecule has 1 saturated carbocycles. The Labute approximate surface area is 250 Å². The molecule has 0 bridgehead atoms. The molecule has 4 aromatic rings. The lowest BCUT2D eigenvalue weighted by Crippen LogP contribution is -2.44. The van der Waals surface area contributed by atoms with Crippen molar-refractivity contribution in [3.8, 4) is 11.1 Å². The molecule has 1 fully saturated rings. The maximum absolute atomic E-state index is 15.3. The lowest BCUT2D eigenvalue weighted by Gasteiger charge is -2.39. The van der Waals surface area contributed by atoms with Crippen molar-refractivity contribution in [1.29, 1.82) is 0 Å². The normalized spacial score (nSPS) is 17.1. The monoisotopic (exact) mass is 591 g/mol. The molecule has 0 aliphatic heterocycles. The molecule has 0 unspecified atom stereocenters. The summed E-state index contributed by atoms with van der Waals surface area (Å²) < 4.78 is 16.3. The van der Waals surface area contributed by atoms with Crippen LogP contribution in [0.15, 0.2) is 66.7 Å². The summed E-state index contributed by atoms with van der Waals surface area (Å²) in [7, 11) is 5.92. The van der Waals surface area contributed by atoms with Gasteiger partial charge in [0, 0.05) is 53.9 Å². The fourth-order valence-corrected chi connectivity index (χ4v) is 7.12. The Bertz CT molecular complexity index is 1560. The fraction of sp³-hybridized carbons (Fsp3) is 0.333. The molecule has 0 spiro atoms. The van der Waals surface area contributed by atoms with E-state index in [9.17, 15) is 9.59 Å². The summed E-state index contributed by atoms with van der Waals surface area (Å²) in [5.41, 5.74) is 3.01. The number of nitrogens with zero attached hydrogens (tertiary/aromatic N) is 3. The van der Waals surface area contributed by atoms with Crippen molar-refractivity contribution in [2.24, 2.45) is 0 Å². The van der Waals surface area contributed by atoms with Crippen LogP contribution in [0.25, 0.3) is 21.2 Å². The number of anilines is 1. The highest BCUT2D eigenvalue weighted by Gasteiger charge is 2.32. The minimum atomic E-state index is -0.344. The van der Waals surface area contributed by atoms with Crippen LogP contribution in [0.5, 0.6) is 0 Å². The SMILES string of the molecule is CC(=O)N(C)c1ccc(-c2ccc(F)c(CN(C(=O)c3sc4ccccc4c3Cl)C3CCC(N(C)C)CC3)c2)cc1. The molecule has 2 amide bonds. The van der Waals surface area contributed by atoms with Gasteiger partial charge in [-0.2, -0.15) is 0 Å². The molecule has 8 heteroatoms. The van der Waals surface area contributed by atoms with Gasteiger partial charge < -0.3 is 14.7 Å². The number of carbonyl (C=O) groups excluding carboxylic acids is 2. The first-order valence-corrected chi connectivity index (χ1v) is 15.1. The second kappa shape index (κ2) is 12.3. The van der Waals surface area contributed by atoms with Gasteiger partial charge in [0.15, 0.2) is 0 Å². The van der Waals surface area contributed by atoms with E-state index < -0.39 is 0 Å². The first-order chi connectivity index (χ1) is 19.6. The number of hydrogen-bond acceptors (Lipinski definition) is 4. The minimum absolute atomic E-state index is 0.00978. The molecule has 1 heterocycles. The summed E-state index contributed by atoms with van der Waals surface area (Å²) in [6.07, 6.45) is 3.66. The van der Waals surface area contributed by atoms with E-state index in [1.165, 1.54) is 24.3 Å². The van der Waals surface area contributed by atoms with Gasteiger partial charge in [-0.15, -0.1) is 11.3 Å². The van der Waals surface area contributed by atoms with Crippen molar-refractivity contribution in [3.63, 3.8) is 0 Å². The van der Waals surface area contributed by atoms with Crippen molar-refractivity contribution < 1.29 is 14.0 Å². The third kappa shape index (κ3) is 6.17. The summed E-state index contributed by atoms with van der Waals surface area (Å²) >= 11 is 8.15. The molecule has 0 saturated heterocycles. The smallest absolute Gasteiger partial charge is 0.266 e. The van der Waals surface area contributed by atoms with Gasteiger partial charge in [-0.25, -0.2) is 4.39 Å². The summed E-state index contributed by atoms with van der Waals surface area (Å²) in [6, 6.07) is 20.9. The first kappa shape index (κ1) is 29.2. The molecule has 5 nitrogen and oxygen atoms in total. The number of benzene rings is 3. The Kier molecular flexibility index (Phi) is 8.78. The molecule has 0 atom stereocenters. The molecular formula is C33H35ClFN3O2S. The Balaban J connectivity index is 1.47. The van der Waals surface area contributed by atoms with E-state index in [2.05, 4.69) is 19.0 Å². The van der Waals surface area contributed by atoms with E-state index in [0.29, 0.717) is 21.5 Å². The molecule has 1 aliphatic carbocycles. The van der Waals surface area contributed by atoms with Crippen LogP contribution in [0.1, 0.15) is 47.8 Å². The Morgan fingerprint density at radius 2 is 1.54 bits per heavy atom. The summed E-state index contributed by atoms with van der Waals surface area (Å²) in [5.74, 6) is -0.542. The zero-order valence-corrected chi connectivity index (χ0v) is 25.4. The van der Waals surface area contributed by atoms with Crippen molar-refractivity contribution in [1.82, 2.24) is 9.80 Å². The molecule has 3 aromatic carbocycles. The number of rotatable bonds is 7. The third-order valence-electron chi connectivity index (χ3n) is 8.27. The van der Waals surface area contributed by atoms with Crippen LogP contribution in [0.4, 0.5) is 10.1 Å². The summed E-state index contributed by atoms with van der Waals surface area (Å²) in [5, 5.41) is 1.33. The van der Waals surface area contributed by atoms with E-state index in [-0.39, 0.29) is 30.2 Å². The predicted molar refractivity (Wildman–Crippen MR) is 167 cm³/mol. The van der Waals surface area contributed by atoms with E-state index >= 15 is 4.39 Å². The highest BCUT2D eigenvalue weighted by atomic mass is 35.5. The van der Waals surface area contributed by atoms with Crippen molar-refractivity contribution in [2.75, 3.05) is 26.0 Å². The van der Waals surface area contributed by atoms with Crippen LogP contribution in [-0.4, -0.2) is 54.8 Å². The summed E-state index contributed by atoms with van der Waals surface area (Å²) in [6.45, 7) is 1.68. The first-order valence-electron chi connectivity index (χ1n) is 13.9. The zero-order valence-electron chi connectivity index (χ0n) is 23.9. The van der Waals surface area contributed by atoms with Crippen LogP contribution >= 0.6 is 22.9 Å². The fourth-order valence-electron chi connectivity index (χ4n) is 5.65. The Morgan fingerprint density at radius 1 is 0.902 bits per heavy atom. The molecular weight excluding hydrogens is 557 g/mol. The standard InChI is InChI=1S/C33H35ClFN3O2S/c1-21(39)37(4)26-12-9-22(10-13-26)23-11-18-29(35)24(19-23)20-38(27-16-14-25(15-17-27)36(2)3)33(40)32-31(34)28-7-5-6-8-30(28)41-32/h5-13,18-19,25,27H,14-17,20H2,1-4H3. The van der Waals surface area contributed by atoms with E-state index in [4.69, 9.17) is 11.6 Å². The van der Waals surface area contributed by atoms with Gasteiger partial charge in [0.05, 0.1) is 5.02 Å². The third-order valence-corrected chi connectivity index (χ3v) is 9.94. The predicted octanol–water partition coefficient (Wildman–Crippen LogP) is 7.86. The maximum atomic E-state index is 15.3. The summed E-state index contributed by atoms with van der Waals surface area (Å²) in [4.78, 5) is 32.1. The van der Waals surface area contributed by atoms with Gasteiger partial charge in [0.1, 0.15) is 10.7 Å². The lowest BCUT2D eigenvalue weighted by atomic mass is 9.89. The molecule has 0 N–H and O–H groups in total. The number of hydrogen-bond donors (Lipinski definition) is 0. The Hall–Kier alpha value is -3.26. The van der Waals surface area contributed by atoms with E-state index in [0.717, 1.165) is 52.6 Å². The van der Waals surface area contributed by atoms with Gasteiger partial charge in [-0.05, 0) is 81.2 Å². The quantitative estimate of drug-likeness (QED) is 0.220. The minimum Gasteiger partial charge on any atom is -0.330 e. The van der Waals surface area contributed by atoms with Crippen LogP contribution in [0.3, 0.4) is 0 Å². The van der Waals surface area contributed by atoms with Crippen LogP contribution in [-0.2, 0) is 11.3 Å². The molecule has 214 valence electrons. The van der Waals surface area contributed by atoms with Crippen molar-refractivity contribution >= 4 is 50.5 Å². The lowest BCUT2D eigenvalue weighted by molar-refractivity contribution is -0.116. The second-order valence-electron chi connectivity index (χ2n) is 11.0. The number of halogens is 2. The molecule has 1 aromatic heterocycles. The maximum Gasteiger partial charge on any atom is 0.266 e. The van der Waals surface area contributed by atoms with Gasteiger partial charge in [-0.1, -0.05) is 48.0 Å². The molecule has 0 radical (unpaired) electrons. The number of thiophene rings is 1. The molecule has 1 aliphatic rings. The van der Waals surface area contributed by atoms with Gasteiger partial charge in [-0.3, -0.25) is 9.59 Å². The van der Waals surface area contributed by atoms with Gasteiger partial charge in [0.25, 0.3) is 5.91 Å². The van der Waals surface area contributed by atoms with Gasteiger partial charge >= 0.3 is 0 Å². The topological polar surface area (TPSA) is 43.9 Å². The van der Waals surface area contributed by atoms with E-state index in [1.807, 2.05) is 59.5 Å². The number of fused-ring (bicyclic) bond motifs is 1. The number of carbonyl (C=O) groups is 2. The molecule has 41 heavy (non-hydrogen) atoms. The van der Waals surface area contributed by atoms with Crippen LogP contribution < -0.4 is 4.90 Å². The highest BCUT2D eigenvalue weighted by Crippen LogP contribution is 2.38. The largest absolute Gasteiger partial charge is 0.330 e. The van der Waals surface area contributed by atoms with Gasteiger partial charge in [0.2, 0.25) is 5.91 Å². The molecule has 5 rings (SSSR count). The van der Waals surface area contributed by atoms with Crippen molar-refractivity contribution in [3.05, 3.63) is 88.0 Å². The number of amides is 2.